The quantitative estimate of drug-likeness (QED) is 0.145. The van der Waals surface area contributed by atoms with Crippen LogP contribution in [-0.4, -0.2) is 74.3 Å². The summed E-state index contributed by atoms with van der Waals surface area (Å²) in [6, 6.07) is 24.0. The van der Waals surface area contributed by atoms with E-state index in [0.717, 1.165) is 23.8 Å². The van der Waals surface area contributed by atoms with Gasteiger partial charge in [-0.3, -0.25) is 29.5 Å². The third-order valence-electron chi connectivity index (χ3n) is 12.6. The van der Waals surface area contributed by atoms with Crippen molar-refractivity contribution in [3.8, 4) is 17.2 Å². The lowest BCUT2D eigenvalue weighted by Crippen LogP contribution is -2.53. The fraction of sp³-hybridized carbons (Fsp3) is 0.318. The predicted octanol–water partition coefficient (Wildman–Crippen LogP) is 6.74. The van der Waals surface area contributed by atoms with Crippen LogP contribution in [0.25, 0.3) is 0 Å². The van der Waals surface area contributed by atoms with Crippen molar-refractivity contribution in [3.05, 3.63) is 118 Å². The van der Waals surface area contributed by atoms with E-state index in [2.05, 4.69) is 10.3 Å². The Balaban J connectivity index is 1.18. The Kier molecular flexibility index (Phi) is 9.61. The molecule has 58 heavy (non-hydrogen) atoms. The maximum absolute atomic E-state index is 15.5. The highest BCUT2D eigenvalue weighted by Gasteiger charge is 2.70. The molecule has 1 saturated carbocycles. The van der Waals surface area contributed by atoms with E-state index in [1.54, 1.807) is 60.7 Å². The van der Waals surface area contributed by atoms with Crippen molar-refractivity contribution in [2.75, 3.05) is 55.7 Å². The molecule has 3 saturated heterocycles. The van der Waals surface area contributed by atoms with Crippen LogP contribution in [0.2, 0.25) is 10.0 Å². The second kappa shape index (κ2) is 14.7. The fourth-order valence-corrected chi connectivity index (χ4v) is 10.4. The number of allylic oxidation sites excluding steroid dienone is 2. The Labute approximate surface area is 344 Å². The Morgan fingerprint density at radius 2 is 1.48 bits per heavy atom. The number of methoxy groups -OCH3 is 2. The minimum Gasteiger partial charge on any atom is -0.508 e. The topological polar surface area (TPSA) is 138 Å². The number of hydrogen-bond acceptors (Lipinski definition) is 10. The number of phenolic OH excluding ortho intramolecular Hbond substituents is 1. The summed E-state index contributed by atoms with van der Waals surface area (Å²) in [6.07, 6.45) is 2.25. The molecular weight excluding hydrogens is 783 g/mol. The number of halogens is 2. The molecule has 9 rings (SSSR count). The first-order chi connectivity index (χ1) is 28.1. The van der Waals surface area contributed by atoms with Gasteiger partial charge >= 0.3 is 0 Å². The molecule has 0 spiro atoms. The Morgan fingerprint density at radius 1 is 0.793 bits per heavy atom. The van der Waals surface area contributed by atoms with E-state index in [4.69, 9.17) is 37.4 Å². The number of amides is 4. The summed E-state index contributed by atoms with van der Waals surface area (Å²) in [6.45, 7) is 2.73. The highest BCUT2D eigenvalue weighted by Crippen LogP contribution is 2.65. The van der Waals surface area contributed by atoms with Gasteiger partial charge in [0.25, 0.3) is 11.8 Å². The standard InChI is InChI=1S/C44H40Cl2N4O8/c1-56-28-10-3-24(4-11-28)44-34(41(53)50(43(44)55)47-36-16-5-25(45)21-35(36)46)23-33-30(39(44)31-13-12-29(57-2)22-37(31)51)14-15-32-38(33)42(54)49(40(32)52)27-8-6-26(7-9-27)48-17-19-58-20-18-48/h3-14,16,21-22,32-34,38-39,47,51H,15,17-20,23H2,1-2H3/t32-,33+,34-,38-,39+,44+/m0/s1. The lowest BCUT2D eigenvalue weighted by molar-refractivity contribution is -0.138. The smallest absolute Gasteiger partial charge is 0.260 e. The molecule has 12 nitrogen and oxygen atoms in total. The molecule has 2 N–H and O–H groups in total. The molecule has 3 aliphatic heterocycles. The van der Waals surface area contributed by atoms with Crippen molar-refractivity contribution in [1.29, 1.82) is 0 Å². The first-order valence-electron chi connectivity index (χ1n) is 19.2. The monoisotopic (exact) mass is 822 g/mol. The van der Waals surface area contributed by atoms with Crippen molar-refractivity contribution in [1.82, 2.24) is 5.01 Å². The molecule has 298 valence electrons. The molecule has 4 amide bonds. The third kappa shape index (κ3) is 5.83. The summed E-state index contributed by atoms with van der Waals surface area (Å²) < 4.78 is 16.4. The number of rotatable bonds is 8. The van der Waals surface area contributed by atoms with Gasteiger partial charge in [-0.1, -0.05) is 53.1 Å². The van der Waals surface area contributed by atoms with Crippen LogP contribution in [0, 0.1) is 23.7 Å². The number of aromatic hydroxyl groups is 1. The van der Waals surface area contributed by atoms with Crippen molar-refractivity contribution in [2.45, 2.75) is 24.2 Å². The van der Waals surface area contributed by atoms with E-state index in [-0.39, 0.29) is 41.1 Å². The van der Waals surface area contributed by atoms with E-state index in [1.165, 1.54) is 31.3 Å². The molecule has 0 bridgehead atoms. The highest BCUT2D eigenvalue weighted by molar-refractivity contribution is 6.36. The van der Waals surface area contributed by atoms with Gasteiger partial charge in [0.1, 0.15) is 17.2 Å². The minimum absolute atomic E-state index is 0.0758. The number of ether oxygens (including phenoxy) is 3. The molecule has 6 atom stereocenters. The van der Waals surface area contributed by atoms with Gasteiger partial charge in [0.05, 0.1) is 67.0 Å². The molecular formula is C44H40Cl2N4O8. The average molecular weight is 824 g/mol. The number of fused-ring (bicyclic) bond motifs is 4. The lowest BCUT2D eigenvalue weighted by atomic mass is 9.49. The van der Waals surface area contributed by atoms with E-state index in [1.807, 2.05) is 18.2 Å². The van der Waals surface area contributed by atoms with Crippen molar-refractivity contribution in [3.63, 3.8) is 0 Å². The van der Waals surface area contributed by atoms with Gasteiger partial charge in [-0.05, 0) is 85.0 Å². The van der Waals surface area contributed by atoms with Crippen molar-refractivity contribution < 1.29 is 38.5 Å². The predicted molar refractivity (Wildman–Crippen MR) is 217 cm³/mol. The van der Waals surface area contributed by atoms with Crippen LogP contribution in [0.3, 0.4) is 0 Å². The molecule has 3 heterocycles. The summed E-state index contributed by atoms with van der Waals surface area (Å²) in [5.74, 6) is -5.15. The maximum atomic E-state index is 15.5. The first kappa shape index (κ1) is 38.0. The normalized spacial score (nSPS) is 26.6. The van der Waals surface area contributed by atoms with Gasteiger partial charge in [0.15, 0.2) is 0 Å². The number of nitrogens with zero attached hydrogens (tertiary/aromatic N) is 3. The minimum atomic E-state index is -1.63. The van der Waals surface area contributed by atoms with Crippen LogP contribution >= 0.6 is 23.2 Å². The zero-order chi connectivity index (χ0) is 40.5. The van der Waals surface area contributed by atoms with E-state index >= 15 is 9.59 Å². The number of carbonyl (C=O) groups excluding carboxylic acids is 4. The van der Waals surface area contributed by atoms with Crippen molar-refractivity contribution >= 4 is 63.9 Å². The molecule has 4 aromatic rings. The van der Waals surface area contributed by atoms with Crippen LogP contribution in [-0.2, 0) is 29.3 Å². The Morgan fingerprint density at radius 3 is 2.16 bits per heavy atom. The summed E-state index contributed by atoms with van der Waals surface area (Å²) in [5, 5.41) is 13.4. The van der Waals surface area contributed by atoms with Gasteiger partial charge in [0, 0.05) is 41.3 Å². The first-order valence-corrected chi connectivity index (χ1v) is 19.9. The molecule has 0 aromatic heterocycles. The van der Waals surface area contributed by atoms with Gasteiger partial charge in [-0.2, -0.15) is 5.01 Å². The number of imide groups is 2. The van der Waals surface area contributed by atoms with Crippen LogP contribution in [0.1, 0.15) is 29.9 Å². The number of phenols is 1. The second-order valence-electron chi connectivity index (χ2n) is 15.3. The number of benzene rings is 4. The number of carbonyl (C=O) groups is 4. The SMILES string of the molecule is COc1ccc([C@@]23C(=O)N(Nc4ccc(Cl)cc4Cl)C(=O)[C@@H]2C[C@@H]2C(=CC[C@@H]4C(=O)N(c5ccc(N6CCOCC6)cc5)C(=O)[C@@H]42)[C@@H]3c2ccc(OC)cc2O)cc1. The number of hydrogen-bond donors (Lipinski definition) is 2. The van der Waals surface area contributed by atoms with Crippen LogP contribution in [0.15, 0.2) is 96.6 Å². The zero-order valence-corrected chi connectivity index (χ0v) is 33.2. The number of nitrogens with one attached hydrogen (secondary N) is 1. The molecule has 0 unspecified atom stereocenters. The van der Waals surface area contributed by atoms with Gasteiger partial charge in [-0.15, -0.1) is 0 Å². The molecule has 14 heteroatoms. The largest absolute Gasteiger partial charge is 0.508 e. The summed E-state index contributed by atoms with van der Waals surface area (Å²) >= 11 is 12.8. The van der Waals surface area contributed by atoms with Gasteiger partial charge in [0.2, 0.25) is 11.8 Å². The van der Waals surface area contributed by atoms with Gasteiger partial charge in [-0.25, -0.2) is 0 Å². The molecule has 5 aliphatic rings. The Bertz CT molecular complexity index is 2370. The molecule has 2 aliphatic carbocycles. The maximum Gasteiger partial charge on any atom is 0.260 e. The lowest BCUT2D eigenvalue weighted by Gasteiger charge is -2.50. The van der Waals surface area contributed by atoms with Crippen LogP contribution < -0.4 is 24.7 Å². The molecule has 4 fully saturated rings. The Hall–Kier alpha value is -5.56. The van der Waals surface area contributed by atoms with E-state index in [9.17, 15) is 14.7 Å². The van der Waals surface area contributed by atoms with E-state index < -0.39 is 46.8 Å². The van der Waals surface area contributed by atoms with Crippen LogP contribution in [0.5, 0.6) is 17.2 Å². The van der Waals surface area contributed by atoms with Crippen LogP contribution in [0.4, 0.5) is 17.1 Å². The third-order valence-corrected chi connectivity index (χ3v) is 13.2. The number of hydrazine groups is 1. The number of morpholine rings is 1. The molecule has 0 radical (unpaired) electrons. The summed E-state index contributed by atoms with van der Waals surface area (Å²) in [5.41, 5.74) is 4.67. The number of anilines is 3. The highest BCUT2D eigenvalue weighted by atomic mass is 35.5. The van der Waals surface area contributed by atoms with Crippen molar-refractivity contribution in [2.24, 2.45) is 23.7 Å². The summed E-state index contributed by atoms with van der Waals surface area (Å²) in [4.78, 5) is 63.1. The summed E-state index contributed by atoms with van der Waals surface area (Å²) in [7, 11) is 3.02. The zero-order valence-electron chi connectivity index (χ0n) is 31.7. The van der Waals surface area contributed by atoms with Gasteiger partial charge < -0.3 is 24.2 Å². The average Bonchev–Trinajstić information content (AvgIpc) is 3.62. The van der Waals surface area contributed by atoms with E-state index in [0.29, 0.717) is 52.1 Å². The molecule has 4 aromatic carbocycles. The second-order valence-corrected chi connectivity index (χ2v) is 16.1. The fourth-order valence-electron chi connectivity index (χ4n) is 9.97.